The third-order valence-electron chi connectivity index (χ3n) is 3.87. The third kappa shape index (κ3) is 7.90. The number of halogens is 2. The van der Waals surface area contributed by atoms with Crippen LogP contribution in [0, 0.1) is 0 Å². The Morgan fingerprint density at radius 1 is 1.13 bits per heavy atom. The smallest absolute Gasteiger partial charge is 0.246 e. The number of hydrogen-bond donors (Lipinski definition) is 1. The van der Waals surface area contributed by atoms with Crippen molar-refractivity contribution < 1.29 is 4.79 Å². The predicted molar refractivity (Wildman–Crippen MR) is 100 cm³/mol. The first-order chi connectivity index (χ1) is 11.1. The topological polar surface area (TPSA) is 29.1 Å². The monoisotopic (exact) mass is 355 g/mol. The van der Waals surface area contributed by atoms with E-state index in [-0.39, 0.29) is 5.91 Å². The average Bonchev–Trinajstić information content (AvgIpc) is 2.54. The minimum Gasteiger partial charge on any atom is -0.352 e. The van der Waals surface area contributed by atoms with Crippen molar-refractivity contribution in [2.45, 2.75) is 58.8 Å². The van der Waals surface area contributed by atoms with Gasteiger partial charge in [0.05, 0.1) is 10.0 Å². The number of carbonyl (C=O) groups is 1. The van der Waals surface area contributed by atoms with Gasteiger partial charge in [-0.25, -0.2) is 0 Å². The lowest BCUT2D eigenvalue weighted by Crippen LogP contribution is -2.27. The number of benzene rings is 1. The van der Waals surface area contributed by atoms with E-state index in [1.54, 1.807) is 6.07 Å². The van der Waals surface area contributed by atoms with E-state index < -0.39 is 0 Å². The van der Waals surface area contributed by atoms with E-state index in [1.165, 1.54) is 25.7 Å². The summed E-state index contributed by atoms with van der Waals surface area (Å²) in [5.74, 6) is 0.0445. The molecule has 0 fully saturated rings. The quantitative estimate of drug-likeness (QED) is 0.407. The first-order valence-corrected chi connectivity index (χ1v) is 9.21. The van der Waals surface area contributed by atoms with Crippen LogP contribution >= 0.6 is 23.2 Å². The van der Waals surface area contributed by atoms with Crippen molar-refractivity contribution >= 4 is 29.1 Å². The zero-order valence-electron chi connectivity index (χ0n) is 14.1. The molecule has 23 heavy (non-hydrogen) atoms. The fourth-order valence-corrected chi connectivity index (χ4v) is 2.76. The van der Waals surface area contributed by atoms with Gasteiger partial charge in [0.15, 0.2) is 0 Å². The summed E-state index contributed by atoms with van der Waals surface area (Å²) in [6.07, 6.45) is 9.59. The van der Waals surface area contributed by atoms with Crippen LogP contribution in [-0.2, 0) is 11.2 Å². The van der Waals surface area contributed by atoms with Crippen molar-refractivity contribution in [3.05, 3.63) is 45.5 Å². The minimum absolute atomic E-state index is 0.0445. The van der Waals surface area contributed by atoms with E-state index in [9.17, 15) is 4.79 Å². The minimum atomic E-state index is 0.0445. The van der Waals surface area contributed by atoms with Gasteiger partial charge in [-0.1, -0.05) is 68.0 Å². The number of amides is 1. The number of carbonyl (C=O) groups excluding carboxylic acids is 1. The molecule has 0 saturated carbocycles. The summed E-state index contributed by atoms with van der Waals surface area (Å²) >= 11 is 11.9. The Labute approximate surface area is 150 Å². The molecule has 0 aliphatic heterocycles. The van der Waals surface area contributed by atoms with Gasteiger partial charge >= 0.3 is 0 Å². The summed E-state index contributed by atoms with van der Waals surface area (Å²) in [6.45, 7) is 4.74. The van der Waals surface area contributed by atoms with Crippen LogP contribution in [0.25, 0.3) is 0 Å². The van der Waals surface area contributed by atoms with Crippen molar-refractivity contribution in [3.63, 3.8) is 0 Å². The molecule has 0 aliphatic rings. The summed E-state index contributed by atoms with van der Waals surface area (Å²) in [5, 5.41) is 4.09. The first kappa shape index (κ1) is 20.1. The molecule has 128 valence electrons. The highest BCUT2D eigenvalue weighted by Gasteiger charge is 2.08. The van der Waals surface area contributed by atoms with Gasteiger partial charge in [-0.3, -0.25) is 4.79 Å². The van der Waals surface area contributed by atoms with E-state index in [0.717, 1.165) is 30.4 Å². The van der Waals surface area contributed by atoms with Gasteiger partial charge < -0.3 is 5.32 Å². The lowest BCUT2D eigenvalue weighted by molar-refractivity contribution is -0.117. The van der Waals surface area contributed by atoms with Crippen LogP contribution in [0.2, 0.25) is 10.0 Å². The third-order valence-corrected chi connectivity index (χ3v) is 4.61. The van der Waals surface area contributed by atoms with Crippen molar-refractivity contribution in [2.75, 3.05) is 6.54 Å². The highest BCUT2D eigenvalue weighted by Crippen LogP contribution is 2.22. The summed E-state index contributed by atoms with van der Waals surface area (Å²) in [7, 11) is 0. The van der Waals surface area contributed by atoms with Gasteiger partial charge in [0, 0.05) is 12.1 Å². The number of unbranched alkanes of at least 4 members (excludes halogenated alkanes) is 4. The van der Waals surface area contributed by atoms with E-state index >= 15 is 0 Å². The molecule has 0 aromatic heterocycles. The van der Waals surface area contributed by atoms with Crippen molar-refractivity contribution in [3.8, 4) is 0 Å². The van der Waals surface area contributed by atoms with Crippen molar-refractivity contribution in [1.29, 1.82) is 0 Å². The lowest BCUT2D eigenvalue weighted by atomic mass is 10.0. The number of allylic oxidation sites excluding steroid dienone is 1. The maximum absolute atomic E-state index is 12.2. The molecule has 1 N–H and O–H groups in total. The van der Waals surface area contributed by atoms with E-state index in [4.69, 9.17) is 23.2 Å². The van der Waals surface area contributed by atoms with E-state index in [1.807, 2.05) is 25.1 Å². The normalized spacial score (nSPS) is 11.6. The predicted octanol–water partition coefficient (Wildman–Crippen LogP) is 5.96. The summed E-state index contributed by atoms with van der Waals surface area (Å²) in [4.78, 5) is 12.2. The Morgan fingerprint density at radius 2 is 1.87 bits per heavy atom. The zero-order chi connectivity index (χ0) is 17.1. The Morgan fingerprint density at radius 3 is 2.52 bits per heavy atom. The van der Waals surface area contributed by atoms with Crippen LogP contribution in [0.3, 0.4) is 0 Å². The summed E-state index contributed by atoms with van der Waals surface area (Å²) < 4.78 is 0. The number of hydrogen-bond acceptors (Lipinski definition) is 1. The summed E-state index contributed by atoms with van der Waals surface area (Å²) in [5.41, 5.74) is 1.96. The largest absolute Gasteiger partial charge is 0.352 e. The van der Waals surface area contributed by atoms with Gasteiger partial charge in [-0.05, 0) is 43.9 Å². The highest BCUT2D eigenvalue weighted by molar-refractivity contribution is 6.42. The van der Waals surface area contributed by atoms with Crippen LogP contribution < -0.4 is 5.32 Å². The highest BCUT2D eigenvalue weighted by atomic mass is 35.5. The van der Waals surface area contributed by atoms with Crippen LogP contribution in [0.5, 0.6) is 0 Å². The molecular formula is C19H27Cl2NO. The molecule has 1 amide bonds. The van der Waals surface area contributed by atoms with Crippen molar-refractivity contribution in [1.82, 2.24) is 5.32 Å². The summed E-state index contributed by atoms with van der Waals surface area (Å²) in [6, 6.07) is 5.57. The second-order valence-corrected chi connectivity index (χ2v) is 6.55. The Kier molecular flexibility index (Phi) is 10.1. The molecule has 0 unspecified atom stereocenters. The molecule has 1 aromatic rings. The molecular weight excluding hydrogens is 329 g/mol. The first-order valence-electron chi connectivity index (χ1n) is 8.45. The van der Waals surface area contributed by atoms with Gasteiger partial charge in [0.2, 0.25) is 5.91 Å². The fraction of sp³-hybridized carbons (Fsp3) is 0.526. The molecule has 0 heterocycles. The SMILES string of the molecule is CC=C(CCCCCCC)C(=O)NCCc1ccc(Cl)c(Cl)c1. The molecule has 0 spiro atoms. The molecule has 1 rings (SSSR count). The Bertz CT molecular complexity index is 526. The Hall–Kier alpha value is -0.990. The molecule has 2 nitrogen and oxygen atoms in total. The van der Waals surface area contributed by atoms with Crippen molar-refractivity contribution in [2.24, 2.45) is 0 Å². The maximum atomic E-state index is 12.2. The molecule has 4 heteroatoms. The maximum Gasteiger partial charge on any atom is 0.246 e. The van der Waals surface area contributed by atoms with E-state index in [0.29, 0.717) is 16.6 Å². The van der Waals surface area contributed by atoms with Gasteiger partial charge in [0.25, 0.3) is 0 Å². The van der Waals surface area contributed by atoms with Gasteiger partial charge in [0.1, 0.15) is 0 Å². The number of nitrogens with one attached hydrogen (secondary N) is 1. The molecule has 1 aromatic carbocycles. The molecule has 0 radical (unpaired) electrons. The average molecular weight is 356 g/mol. The second-order valence-electron chi connectivity index (χ2n) is 5.73. The standard InChI is InChI=1S/C19H27Cl2NO/c1-3-5-6-7-8-9-16(4-2)19(23)22-13-12-15-10-11-17(20)18(21)14-15/h4,10-11,14H,3,5-9,12-13H2,1-2H3,(H,22,23). The molecule has 0 atom stereocenters. The second kappa shape index (κ2) is 11.5. The van der Waals surface area contributed by atoms with Gasteiger partial charge in [-0.15, -0.1) is 0 Å². The van der Waals surface area contributed by atoms with E-state index in [2.05, 4.69) is 12.2 Å². The van der Waals surface area contributed by atoms with Gasteiger partial charge in [-0.2, -0.15) is 0 Å². The molecule has 0 bridgehead atoms. The number of rotatable bonds is 10. The fourth-order valence-electron chi connectivity index (χ4n) is 2.44. The Balaban J connectivity index is 2.31. The van der Waals surface area contributed by atoms with Crippen LogP contribution in [0.4, 0.5) is 0 Å². The lowest BCUT2D eigenvalue weighted by Gasteiger charge is -2.09. The van der Waals surface area contributed by atoms with Crippen LogP contribution in [-0.4, -0.2) is 12.5 Å². The molecule has 0 aliphatic carbocycles. The zero-order valence-corrected chi connectivity index (χ0v) is 15.6. The van der Waals surface area contributed by atoms with Crippen LogP contribution in [0.15, 0.2) is 29.8 Å². The molecule has 0 saturated heterocycles. The van der Waals surface area contributed by atoms with Crippen LogP contribution in [0.1, 0.15) is 57.9 Å².